The molecule has 10 aromatic heterocycles. The van der Waals surface area contributed by atoms with Crippen molar-refractivity contribution in [2.45, 2.75) is 19.4 Å². The Hall–Kier alpha value is -10.3. The lowest BCUT2D eigenvalue weighted by atomic mass is 9.96. The highest BCUT2D eigenvalue weighted by molar-refractivity contribution is 6.07. The van der Waals surface area contributed by atoms with Gasteiger partial charge >= 0.3 is 0 Å². The van der Waals surface area contributed by atoms with E-state index in [4.69, 9.17) is 25.0 Å². The number of benzene rings is 3. The number of carbonyl (C=O) groups is 1. The minimum atomic E-state index is -0.622. The number of hydrogen-bond donors (Lipinski definition) is 5. The summed E-state index contributed by atoms with van der Waals surface area (Å²) in [5.74, 6) is -0.519. The first-order chi connectivity index (χ1) is 37.9. The predicted molar refractivity (Wildman–Crippen MR) is 289 cm³/mol. The van der Waals surface area contributed by atoms with E-state index in [1.165, 1.54) is 31.3 Å². The number of halogens is 2. The van der Waals surface area contributed by atoms with Gasteiger partial charge in [0.15, 0.2) is 11.6 Å². The molecule has 0 unspecified atom stereocenters. The van der Waals surface area contributed by atoms with Crippen molar-refractivity contribution in [1.29, 1.82) is 0 Å². The van der Waals surface area contributed by atoms with Crippen LogP contribution in [0.25, 0.3) is 123 Å². The van der Waals surface area contributed by atoms with Gasteiger partial charge in [-0.2, -0.15) is 10.2 Å². The number of nitrogens with zero attached hydrogens (tertiary/aromatic N) is 11. The fourth-order valence-corrected chi connectivity index (χ4v) is 10.3. The van der Waals surface area contributed by atoms with Gasteiger partial charge in [0, 0.05) is 112 Å². The summed E-state index contributed by atoms with van der Waals surface area (Å²) < 4.78 is 33.7. The van der Waals surface area contributed by atoms with Gasteiger partial charge < -0.3 is 15.3 Å². The van der Waals surface area contributed by atoms with Crippen LogP contribution in [0.2, 0.25) is 0 Å². The normalized spacial score (nSPS) is 12.9. The molecule has 5 N–H and O–H groups in total. The van der Waals surface area contributed by atoms with Crippen molar-refractivity contribution in [3.63, 3.8) is 0 Å². The molecule has 0 spiro atoms. The van der Waals surface area contributed by atoms with E-state index in [9.17, 15) is 4.79 Å². The number of likely N-dealkylation sites (tertiary alicyclic amines) is 1. The molecule has 19 heteroatoms. The number of anilines is 1. The third kappa shape index (κ3) is 8.17. The molecule has 0 saturated carbocycles. The Morgan fingerprint density at radius 2 is 1.25 bits per heavy atom. The molecule has 1 amide bonds. The van der Waals surface area contributed by atoms with Crippen molar-refractivity contribution < 1.29 is 13.6 Å². The zero-order valence-electron chi connectivity index (χ0n) is 40.6. The van der Waals surface area contributed by atoms with Crippen LogP contribution in [-0.2, 0) is 6.54 Å². The molecule has 3 aromatic carbocycles. The third-order valence-corrected chi connectivity index (χ3v) is 14.0. The zero-order valence-corrected chi connectivity index (χ0v) is 40.6. The van der Waals surface area contributed by atoms with Crippen LogP contribution in [0.5, 0.6) is 0 Å². The first-order valence-electron chi connectivity index (χ1n) is 24.8. The van der Waals surface area contributed by atoms with Crippen molar-refractivity contribution >= 4 is 55.5 Å². The topological polar surface area (TPSA) is 224 Å². The maximum Gasteiger partial charge on any atom is 0.255 e. The van der Waals surface area contributed by atoms with Gasteiger partial charge in [-0.1, -0.05) is 18.2 Å². The number of hydrogen-bond acceptors (Lipinski definition) is 12. The van der Waals surface area contributed by atoms with Gasteiger partial charge in [-0.3, -0.25) is 49.8 Å². The second-order valence-electron chi connectivity index (χ2n) is 18.9. The standard InChI is InChI=1S/C58H40F2N16O/c59-42-25-45-40(23-38(42)35-20-31(26-62-27-35)30-76-18-4-5-19-76)52(74-72-45)56-68-44-12-17-66-50(55(44)71-56)34-10-15-64-46(22-34)47-48(60)39(36-21-37(29-63-28-36)67-58(77)33-6-2-1-3-7-33)24-41-51(47)73-75-53(41)57-69-43-11-16-65-49(54(43)70-57)32-8-13-61-14-9-32/h1-3,6-17,20-29H,4-5,18-19,30H2,(H,67,77)(H,68,71)(H,69,70)(H,72,74)(H,73,75). The van der Waals surface area contributed by atoms with Crippen LogP contribution >= 0.6 is 0 Å². The van der Waals surface area contributed by atoms with Crippen molar-refractivity contribution in [2.24, 2.45) is 0 Å². The number of fused-ring (bicyclic) bond motifs is 4. The number of aromatic amines is 4. The maximum atomic E-state index is 17.9. The zero-order chi connectivity index (χ0) is 51.6. The Labute approximate surface area is 435 Å². The van der Waals surface area contributed by atoms with E-state index in [2.05, 4.69) is 55.4 Å². The molecule has 1 aliphatic heterocycles. The van der Waals surface area contributed by atoms with E-state index in [1.807, 2.05) is 42.6 Å². The Bertz CT molecular complexity index is 4430. The molecule has 17 nitrogen and oxygen atoms in total. The summed E-state index contributed by atoms with van der Waals surface area (Å²) in [4.78, 5) is 59.8. The molecular weight excluding hydrogens is 975 g/mol. The van der Waals surface area contributed by atoms with Crippen LogP contribution in [0.15, 0.2) is 153 Å². The van der Waals surface area contributed by atoms with Crippen LogP contribution in [-0.4, -0.2) is 94.1 Å². The molecular formula is C58H40F2N16O. The van der Waals surface area contributed by atoms with Gasteiger partial charge in [0.2, 0.25) is 0 Å². The summed E-state index contributed by atoms with van der Waals surface area (Å²) in [6, 6.07) is 28.3. The van der Waals surface area contributed by atoms with Crippen LogP contribution in [0, 0.1) is 11.6 Å². The Morgan fingerprint density at radius 1 is 0.584 bits per heavy atom. The van der Waals surface area contributed by atoms with Crippen LogP contribution < -0.4 is 5.32 Å². The van der Waals surface area contributed by atoms with Crippen LogP contribution in [0.1, 0.15) is 28.8 Å². The number of aromatic nitrogens is 14. The second kappa shape index (κ2) is 18.6. The molecule has 11 heterocycles. The highest BCUT2D eigenvalue weighted by Gasteiger charge is 2.26. The predicted octanol–water partition coefficient (Wildman–Crippen LogP) is 11.4. The molecule has 1 saturated heterocycles. The number of H-pyrrole nitrogens is 4. The van der Waals surface area contributed by atoms with E-state index >= 15 is 8.78 Å². The summed E-state index contributed by atoms with van der Waals surface area (Å²) >= 11 is 0. The first kappa shape index (κ1) is 45.4. The quantitative estimate of drug-likeness (QED) is 0.0816. The molecule has 0 bridgehead atoms. The lowest BCUT2D eigenvalue weighted by molar-refractivity contribution is 0.102. The summed E-state index contributed by atoms with van der Waals surface area (Å²) in [5, 5.41) is 19.6. The number of rotatable bonds is 11. The number of amides is 1. The smallest absolute Gasteiger partial charge is 0.255 e. The minimum Gasteiger partial charge on any atom is -0.336 e. The molecule has 77 heavy (non-hydrogen) atoms. The van der Waals surface area contributed by atoms with Gasteiger partial charge in [-0.15, -0.1) is 0 Å². The largest absolute Gasteiger partial charge is 0.336 e. The van der Waals surface area contributed by atoms with E-state index < -0.39 is 11.6 Å². The fourth-order valence-electron chi connectivity index (χ4n) is 10.3. The minimum absolute atomic E-state index is 0.116. The highest BCUT2D eigenvalue weighted by Crippen LogP contribution is 2.42. The first-order valence-corrected chi connectivity index (χ1v) is 24.8. The number of carbonyl (C=O) groups excluding carboxylic acids is 1. The summed E-state index contributed by atoms with van der Waals surface area (Å²) in [6.45, 7) is 2.83. The second-order valence-corrected chi connectivity index (χ2v) is 18.9. The number of imidazole rings is 2. The summed E-state index contributed by atoms with van der Waals surface area (Å²) in [5.41, 5.74) is 10.7. The fraction of sp³-hybridized carbons (Fsp3) is 0.0862. The summed E-state index contributed by atoms with van der Waals surface area (Å²) in [7, 11) is 0. The average Bonchev–Trinajstić information content (AvgIpc) is 4.36. The Balaban J connectivity index is 0.871. The molecule has 0 aliphatic carbocycles. The Kier molecular flexibility index (Phi) is 10.9. The van der Waals surface area contributed by atoms with Gasteiger partial charge in [-0.25, -0.2) is 18.7 Å². The van der Waals surface area contributed by atoms with Crippen molar-refractivity contribution in [1.82, 2.24) is 75.1 Å². The lowest BCUT2D eigenvalue weighted by Gasteiger charge is -2.15. The number of nitrogens with one attached hydrogen (secondary N) is 5. The van der Waals surface area contributed by atoms with Crippen molar-refractivity contribution in [3.8, 4) is 79.1 Å². The van der Waals surface area contributed by atoms with Crippen LogP contribution in [0.4, 0.5) is 14.5 Å². The van der Waals surface area contributed by atoms with Gasteiger partial charge in [0.25, 0.3) is 5.91 Å². The Morgan fingerprint density at radius 3 is 2.01 bits per heavy atom. The highest BCUT2D eigenvalue weighted by atomic mass is 19.1. The van der Waals surface area contributed by atoms with Crippen molar-refractivity contribution in [3.05, 3.63) is 176 Å². The van der Waals surface area contributed by atoms with Gasteiger partial charge in [0.05, 0.1) is 56.6 Å². The maximum absolute atomic E-state index is 17.9. The molecule has 0 radical (unpaired) electrons. The van der Waals surface area contributed by atoms with Crippen LogP contribution in [0.3, 0.4) is 0 Å². The van der Waals surface area contributed by atoms with E-state index in [0.717, 1.165) is 36.3 Å². The molecule has 14 rings (SSSR count). The monoisotopic (exact) mass is 1010 g/mol. The van der Waals surface area contributed by atoms with E-state index in [1.54, 1.807) is 91.8 Å². The molecule has 372 valence electrons. The SMILES string of the molecule is O=C(Nc1cncc(-c2cc3c(-c4nc5c(-c6ccncc6)nccc5[nH]4)n[nH]c3c(-c3cc(-c4nccc5[nH]c(-c6n[nH]c7cc(F)c(-c8cncc(CN9CCCC9)c8)cc67)nc45)ccn3)c2F)c1)c1ccccc1. The molecule has 13 aromatic rings. The number of pyridine rings is 6. The molecule has 0 atom stereocenters. The van der Waals surface area contributed by atoms with E-state index in [0.29, 0.717) is 106 Å². The lowest BCUT2D eigenvalue weighted by Crippen LogP contribution is -2.18. The molecule has 1 aliphatic rings. The third-order valence-electron chi connectivity index (χ3n) is 14.0. The van der Waals surface area contributed by atoms with Crippen molar-refractivity contribution in [2.75, 3.05) is 18.4 Å². The average molecular weight is 1020 g/mol. The van der Waals surface area contributed by atoms with Gasteiger partial charge in [0.1, 0.15) is 34.1 Å². The van der Waals surface area contributed by atoms with Gasteiger partial charge in [-0.05, 0) is 104 Å². The van der Waals surface area contributed by atoms with E-state index in [-0.39, 0.29) is 22.7 Å². The molecule has 1 fully saturated rings. The summed E-state index contributed by atoms with van der Waals surface area (Å²) in [6.07, 6.45) is 17.3.